The number of carbonyl (C=O) groups is 3. The Morgan fingerprint density at radius 2 is 1.87 bits per heavy atom. The van der Waals surface area contributed by atoms with Crippen LogP contribution < -0.4 is 10.2 Å². The molecule has 4 rings (SSSR count). The number of piperazine rings is 1. The number of hydrogen-bond donors (Lipinski definition) is 1. The summed E-state index contributed by atoms with van der Waals surface area (Å²) in [4.78, 5) is 40.1. The van der Waals surface area contributed by atoms with Crippen molar-refractivity contribution in [2.45, 2.75) is 45.1 Å². The van der Waals surface area contributed by atoms with Crippen molar-refractivity contribution in [3.05, 3.63) is 23.9 Å². The molecule has 1 aromatic heterocycles. The van der Waals surface area contributed by atoms with Gasteiger partial charge in [0.1, 0.15) is 5.60 Å². The molecule has 31 heavy (non-hydrogen) atoms. The van der Waals surface area contributed by atoms with E-state index in [4.69, 9.17) is 4.74 Å². The number of hydrogen-bond acceptors (Lipinski definition) is 6. The lowest BCUT2D eigenvalue weighted by atomic mass is 9.93. The molecule has 0 spiro atoms. The SMILES string of the molecule is Cn1nc([C@H]2CCC(=O)NC2=O)c2ccc(N3CCN(C(=O)OC(C)(C)C)CC3)cc21. The number of aromatic nitrogens is 2. The quantitative estimate of drug-likeness (QED) is 0.738. The molecule has 1 N–H and O–H groups in total. The van der Waals surface area contributed by atoms with E-state index in [1.165, 1.54) is 0 Å². The Bertz CT molecular complexity index is 1030. The minimum Gasteiger partial charge on any atom is -0.444 e. The van der Waals surface area contributed by atoms with E-state index in [-0.39, 0.29) is 17.9 Å². The van der Waals surface area contributed by atoms with Crippen molar-refractivity contribution >= 4 is 34.5 Å². The minimum absolute atomic E-state index is 0.228. The van der Waals surface area contributed by atoms with Crippen molar-refractivity contribution in [2.75, 3.05) is 31.1 Å². The summed E-state index contributed by atoms with van der Waals surface area (Å²) in [7, 11) is 1.86. The number of benzene rings is 1. The van der Waals surface area contributed by atoms with E-state index in [0.717, 1.165) is 16.6 Å². The summed E-state index contributed by atoms with van der Waals surface area (Å²) in [6.07, 6.45) is 0.530. The molecule has 166 valence electrons. The van der Waals surface area contributed by atoms with E-state index in [1.807, 2.05) is 40.0 Å². The van der Waals surface area contributed by atoms with Crippen LogP contribution in [0, 0.1) is 0 Å². The predicted molar refractivity (Wildman–Crippen MR) is 116 cm³/mol. The Kier molecular flexibility index (Phi) is 5.36. The van der Waals surface area contributed by atoms with Gasteiger partial charge in [-0.2, -0.15) is 5.10 Å². The van der Waals surface area contributed by atoms with Crippen molar-refractivity contribution in [1.82, 2.24) is 20.0 Å². The summed E-state index contributed by atoms with van der Waals surface area (Å²) in [6, 6.07) is 6.10. The number of nitrogens with one attached hydrogen (secondary N) is 1. The van der Waals surface area contributed by atoms with E-state index in [9.17, 15) is 14.4 Å². The van der Waals surface area contributed by atoms with Gasteiger partial charge in [0.25, 0.3) is 0 Å². The number of carbonyl (C=O) groups excluding carboxylic acids is 3. The Morgan fingerprint density at radius 1 is 1.16 bits per heavy atom. The van der Waals surface area contributed by atoms with Gasteiger partial charge >= 0.3 is 6.09 Å². The maximum absolute atomic E-state index is 12.3. The molecule has 2 saturated heterocycles. The molecule has 0 bridgehead atoms. The average Bonchev–Trinajstić information content (AvgIpc) is 3.03. The normalized spacial score (nSPS) is 20.2. The van der Waals surface area contributed by atoms with Gasteiger partial charge in [0.05, 0.1) is 17.1 Å². The molecule has 0 unspecified atom stereocenters. The molecule has 2 aromatic rings. The van der Waals surface area contributed by atoms with Crippen molar-refractivity contribution in [3.8, 4) is 0 Å². The second-order valence-corrected chi connectivity index (χ2v) is 9.17. The van der Waals surface area contributed by atoms with Crippen LogP contribution in [0.5, 0.6) is 0 Å². The lowest BCUT2D eigenvalue weighted by Gasteiger charge is -2.36. The molecule has 2 aliphatic heterocycles. The number of imide groups is 1. The van der Waals surface area contributed by atoms with E-state index in [2.05, 4.69) is 21.4 Å². The van der Waals surface area contributed by atoms with Gasteiger partial charge in [0.15, 0.2) is 0 Å². The molecule has 2 aliphatic rings. The van der Waals surface area contributed by atoms with Crippen LogP contribution in [-0.4, -0.2) is 64.4 Å². The first kappa shape index (κ1) is 21.1. The molecule has 3 amide bonds. The average molecular weight is 428 g/mol. The van der Waals surface area contributed by atoms with Crippen LogP contribution in [0.15, 0.2) is 18.2 Å². The minimum atomic E-state index is -0.501. The number of aryl methyl sites for hydroxylation is 1. The van der Waals surface area contributed by atoms with Gasteiger partial charge in [0.2, 0.25) is 11.8 Å². The molecule has 0 aliphatic carbocycles. The third-order valence-electron chi connectivity index (χ3n) is 5.73. The molecule has 0 radical (unpaired) electrons. The van der Waals surface area contributed by atoms with Gasteiger partial charge in [-0.15, -0.1) is 0 Å². The van der Waals surface area contributed by atoms with E-state index >= 15 is 0 Å². The highest BCUT2D eigenvalue weighted by molar-refractivity contribution is 6.02. The van der Waals surface area contributed by atoms with Gasteiger partial charge < -0.3 is 14.5 Å². The highest BCUT2D eigenvalue weighted by atomic mass is 16.6. The van der Waals surface area contributed by atoms with E-state index < -0.39 is 11.5 Å². The molecular formula is C22H29N5O4. The predicted octanol–water partition coefficient (Wildman–Crippen LogP) is 2.15. The number of anilines is 1. The van der Waals surface area contributed by atoms with Gasteiger partial charge in [0, 0.05) is 50.7 Å². The first-order valence-corrected chi connectivity index (χ1v) is 10.7. The van der Waals surface area contributed by atoms with E-state index in [1.54, 1.807) is 9.58 Å². The monoisotopic (exact) mass is 427 g/mol. The number of amides is 3. The largest absolute Gasteiger partial charge is 0.444 e. The van der Waals surface area contributed by atoms with Gasteiger partial charge in [-0.25, -0.2) is 4.79 Å². The molecule has 9 heteroatoms. The molecule has 9 nitrogen and oxygen atoms in total. The Labute approximate surface area is 181 Å². The Balaban J connectivity index is 1.49. The fourth-order valence-corrected chi connectivity index (χ4v) is 4.16. The second kappa shape index (κ2) is 7.86. The van der Waals surface area contributed by atoms with E-state index in [0.29, 0.717) is 44.7 Å². The molecule has 3 heterocycles. The fourth-order valence-electron chi connectivity index (χ4n) is 4.16. The lowest BCUT2D eigenvalue weighted by molar-refractivity contribution is -0.134. The molecule has 0 saturated carbocycles. The summed E-state index contributed by atoms with van der Waals surface area (Å²) < 4.78 is 7.26. The number of ether oxygens (including phenoxy) is 1. The highest BCUT2D eigenvalue weighted by Crippen LogP contribution is 2.32. The van der Waals surface area contributed by atoms with Crippen LogP contribution >= 0.6 is 0 Å². The van der Waals surface area contributed by atoms with Gasteiger partial charge in [-0.3, -0.25) is 19.6 Å². The number of rotatable bonds is 2. The third-order valence-corrected chi connectivity index (χ3v) is 5.73. The van der Waals surface area contributed by atoms with Crippen molar-refractivity contribution in [1.29, 1.82) is 0 Å². The molecule has 1 aromatic carbocycles. The number of fused-ring (bicyclic) bond motifs is 1. The molecule has 2 fully saturated rings. The maximum atomic E-state index is 12.3. The first-order chi connectivity index (χ1) is 14.6. The first-order valence-electron chi connectivity index (χ1n) is 10.7. The van der Waals surface area contributed by atoms with Crippen LogP contribution in [0.1, 0.15) is 45.2 Å². The van der Waals surface area contributed by atoms with Crippen LogP contribution in [0.25, 0.3) is 10.9 Å². The van der Waals surface area contributed by atoms with Gasteiger partial charge in [-0.05, 0) is 45.4 Å². The van der Waals surface area contributed by atoms with Crippen molar-refractivity contribution < 1.29 is 19.1 Å². The molecule has 1 atom stereocenters. The Morgan fingerprint density at radius 3 is 2.52 bits per heavy atom. The number of piperidine rings is 1. The van der Waals surface area contributed by atoms with Crippen molar-refractivity contribution in [2.24, 2.45) is 7.05 Å². The summed E-state index contributed by atoms with van der Waals surface area (Å²) in [5.41, 5.74) is 2.20. The van der Waals surface area contributed by atoms with Crippen LogP contribution in [0.2, 0.25) is 0 Å². The molecular weight excluding hydrogens is 398 g/mol. The summed E-state index contributed by atoms with van der Waals surface area (Å²) in [5, 5.41) is 7.94. The van der Waals surface area contributed by atoms with Gasteiger partial charge in [-0.1, -0.05) is 0 Å². The second-order valence-electron chi connectivity index (χ2n) is 9.17. The summed E-state index contributed by atoms with van der Waals surface area (Å²) in [6.45, 7) is 8.22. The highest BCUT2D eigenvalue weighted by Gasteiger charge is 2.32. The van der Waals surface area contributed by atoms with Crippen LogP contribution in [-0.2, 0) is 21.4 Å². The standard InChI is InChI=1S/C22H29N5O4/c1-22(2,3)31-21(30)27-11-9-26(10-12-27)14-5-6-15-17(13-14)25(4)24-19(15)16-7-8-18(28)23-20(16)29/h5-6,13,16H,7-12H2,1-4H3,(H,23,28,29)/t16-/m1/s1. The smallest absolute Gasteiger partial charge is 0.410 e. The Hall–Kier alpha value is -3.10. The number of nitrogens with zero attached hydrogens (tertiary/aromatic N) is 4. The third kappa shape index (κ3) is 4.35. The lowest BCUT2D eigenvalue weighted by Crippen LogP contribution is -2.50. The van der Waals surface area contributed by atoms with Crippen molar-refractivity contribution in [3.63, 3.8) is 0 Å². The zero-order valence-corrected chi connectivity index (χ0v) is 18.5. The summed E-state index contributed by atoms with van der Waals surface area (Å²) in [5.74, 6) is -0.919. The topological polar surface area (TPSA) is 96.8 Å². The zero-order valence-electron chi connectivity index (χ0n) is 18.5. The van der Waals surface area contributed by atoms with Crippen LogP contribution in [0.3, 0.4) is 0 Å². The fraction of sp³-hybridized carbons (Fsp3) is 0.545. The van der Waals surface area contributed by atoms with Crippen LogP contribution in [0.4, 0.5) is 10.5 Å². The maximum Gasteiger partial charge on any atom is 0.410 e. The summed E-state index contributed by atoms with van der Waals surface area (Å²) >= 11 is 0. The zero-order chi connectivity index (χ0) is 22.3.